The van der Waals surface area contributed by atoms with Crippen molar-refractivity contribution >= 4 is 17.8 Å². The van der Waals surface area contributed by atoms with Crippen LogP contribution in [0.4, 0.5) is 4.79 Å². The summed E-state index contributed by atoms with van der Waals surface area (Å²) in [5.41, 5.74) is 5.75. The van der Waals surface area contributed by atoms with Gasteiger partial charge in [-0.2, -0.15) is 5.10 Å². The second-order valence-corrected chi connectivity index (χ2v) is 8.63. The normalized spacial score (nSPS) is 11.3. The lowest BCUT2D eigenvalue weighted by Crippen LogP contribution is -2.45. The lowest BCUT2D eigenvalue weighted by molar-refractivity contribution is 0.230. The first-order chi connectivity index (χ1) is 15.8. The van der Waals surface area contributed by atoms with Crippen molar-refractivity contribution in [3.63, 3.8) is 0 Å². The van der Waals surface area contributed by atoms with Gasteiger partial charge in [0.15, 0.2) is 11.5 Å². The van der Waals surface area contributed by atoms with E-state index in [4.69, 9.17) is 9.47 Å². The van der Waals surface area contributed by atoms with Crippen LogP contribution >= 0.6 is 0 Å². The van der Waals surface area contributed by atoms with E-state index >= 15 is 0 Å². The molecule has 2 N–H and O–H groups in total. The highest BCUT2D eigenvalue weighted by Gasteiger charge is 2.23. The number of hydrogen-bond donors (Lipinski definition) is 2. The Morgan fingerprint density at radius 1 is 1.12 bits per heavy atom. The highest BCUT2D eigenvalue weighted by Crippen LogP contribution is 2.28. The van der Waals surface area contributed by atoms with E-state index in [9.17, 15) is 4.79 Å². The minimum atomic E-state index is -0.579. The van der Waals surface area contributed by atoms with Crippen LogP contribution < -0.4 is 20.2 Å². The summed E-state index contributed by atoms with van der Waals surface area (Å²) >= 11 is 0. The standard InChI is InChI=1S/C27H37N3O3/c1-7-8-9-10-16-33-24-15-14-21(17-25(24)32-6)19-28-30-26(31)29-27(4,5)23-13-11-12-22(18-23)20(2)3/h11-15,17-19H,2,7-10,16H2,1,3-6H3,(H2,29,30,31). The maximum absolute atomic E-state index is 12.4. The van der Waals surface area contributed by atoms with Gasteiger partial charge in [0.05, 0.1) is 25.5 Å². The van der Waals surface area contributed by atoms with Crippen LogP contribution in [-0.4, -0.2) is 26.0 Å². The van der Waals surface area contributed by atoms with Gasteiger partial charge in [-0.05, 0) is 68.1 Å². The highest BCUT2D eigenvalue weighted by molar-refractivity contribution is 5.83. The molecule has 0 unspecified atom stereocenters. The Morgan fingerprint density at radius 3 is 2.61 bits per heavy atom. The average Bonchev–Trinajstić information content (AvgIpc) is 2.79. The van der Waals surface area contributed by atoms with Crippen LogP contribution in [0.5, 0.6) is 11.5 Å². The molecule has 0 aliphatic rings. The third kappa shape index (κ3) is 8.29. The molecule has 2 aromatic rings. The Bertz CT molecular complexity index is 967. The molecule has 0 saturated carbocycles. The molecule has 0 spiro atoms. The van der Waals surface area contributed by atoms with Crippen LogP contribution in [0.3, 0.4) is 0 Å². The topological polar surface area (TPSA) is 72.0 Å². The van der Waals surface area contributed by atoms with Crippen LogP contribution in [0, 0.1) is 0 Å². The van der Waals surface area contributed by atoms with Gasteiger partial charge in [-0.1, -0.05) is 56.5 Å². The number of benzene rings is 2. The Kier molecular flexibility index (Phi) is 9.98. The van der Waals surface area contributed by atoms with Crippen LogP contribution in [-0.2, 0) is 5.54 Å². The van der Waals surface area contributed by atoms with Crippen molar-refractivity contribution in [2.24, 2.45) is 5.10 Å². The molecule has 0 aliphatic carbocycles. The molecule has 0 radical (unpaired) electrons. The number of ether oxygens (including phenoxy) is 2. The number of urea groups is 1. The quantitative estimate of drug-likeness (QED) is 0.227. The number of rotatable bonds is 12. The van der Waals surface area contributed by atoms with E-state index in [0.29, 0.717) is 18.1 Å². The van der Waals surface area contributed by atoms with Gasteiger partial charge in [0.1, 0.15) is 0 Å². The minimum absolute atomic E-state index is 0.393. The third-order valence-corrected chi connectivity index (χ3v) is 5.33. The van der Waals surface area contributed by atoms with E-state index in [1.165, 1.54) is 12.8 Å². The summed E-state index contributed by atoms with van der Waals surface area (Å²) in [6.07, 6.45) is 6.17. The molecule has 2 aromatic carbocycles. The van der Waals surface area contributed by atoms with E-state index < -0.39 is 11.6 Å². The first-order valence-corrected chi connectivity index (χ1v) is 11.4. The molecular weight excluding hydrogens is 414 g/mol. The largest absolute Gasteiger partial charge is 0.493 e. The molecule has 2 amide bonds. The monoisotopic (exact) mass is 451 g/mol. The maximum atomic E-state index is 12.4. The molecule has 0 bridgehead atoms. The summed E-state index contributed by atoms with van der Waals surface area (Å²) in [6, 6.07) is 13.2. The number of carbonyl (C=O) groups excluding carboxylic acids is 1. The first-order valence-electron chi connectivity index (χ1n) is 11.4. The average molecular weight is 452 g/mol. The molecule has 0 fully saturated rings. The number of nitrogens with one attached hydrogen (secondary N) is 2. The van der Waals surface area contributed by atoms with Gasteiger partial charge in [-0.15, -0.1) is 0 Å². The molecule has 0 saturated heterocycles. The first kappa shape index (κ1) is 26.0. The van der Waals surface area contributed by atoms with E-state index in [-0.39, 0.29) is 0 Å². The van der Waals surface area contributed by atoms with E-state index in [1.807, 2.05) is 63.2 Å². The fourth-order valence-corrected chi connectivity index (χ4v) is 3.32. The van der Waals surface area contributed by atoms with Crippen LogP contribution in [0.15, 0.2) is 54.1 Å². The van der Waals surface area contributed by atoms with Gasteiger partial charge in [0.2, 0.25) is 0 Å². The summed E-state index contributed by atoms with van der Waals surface area (Å²) in [5, 5.41) is 7.02. The van der Waals surface area contributed by atoms with Crippen molar-refractivity contribution in [2.45, 2.75) is 58.9 Å². The second kappa shape index (κ2) is 12.7. The zero-order valence-corrected chi connectivity index (χ0v) is 20.5. The Balaban J connectivity index is 1.93. The molecule has 0 aromatic heterocycles. The van der Waals surface area contributed by atoms with Crippen LogP contribution in [0.2, 0.25) is 0 Å². The van der Waals surface area contributed by atoms with Crippen molar-refractivity contribution in [2.75, 3.05) is 13.7 Å². The molecule has 6 nitrogen and oxygen atoms in total. The van der Waals surface area contributed by atoms with E-state index in [0.717, 1.165) is 35.1 Å². The summed E-state index contributed by atoms with van der Waals surface area (Å²) in [6.45, 7) is 12.7. The van der Waals surface area contributed by atoms with Gasteiger partial charge >= 0.3 is 6.03 Å². The van der Waals surface area contributed by atoms with Crippen molar-refractivity contribution < 1.29 is 14.3 Å². The number of allylic oxidation sites excluding steroid dienone is 1. The van der Waals surface area contributed by atoms with E-state index in [2.05, 4.69) is 29.3 Å². The number of amides is 2. The van der Waals surface area contributed by atoms with Gasteiger partial charge < -0.3 is 14.8 Å². The molecule has 0 atom stereocenters. The van der Waals surface area contributed by atoms with Gasteiger partial charge in [-0.3, -0.25) is 0 Å². The number of methoxy groups -OCH3 is 1. The van der Waals surface area contributed by atoms with Gasteiger partial charge in [0.25, 0.3) is 0 Å². The predicted molar refractivity (Wildman–Crippen MR) is 136 cm³/mol. The summed E-state index contributed by atoms with van der Waals surface area (Å²) in [5.74, 6) is 1.34. The predicted octanol–water partition coefficient (Wildman–Crippen LogP) is 6.26. The zero-order valence-electron chi connectivity index (χ0n) is 20.5. The van der Waals surface area contributed by atoms with Crippen LogP contribution in [0.1, 0.15) is 70.1 Å². The number of hydrogen-bond acceptors (Lipinski definition) is 4. The lowest BCUT2D eigenvalue weighted by Gasteiger charge is -2.27. The van der Waals surface area contributed by atoms with Crippen molar-refractivity contribution in [1.82, 2.24) is 10.7 Å². The number of unbranched alkanes of at least 4 members (excludes halogenated alkanes) is 3. The SMILES string of the molecule is C=C(C)c1cccc(C(C)(C)NC(=O)NN=Cc2ccc(OCCCCCC)c(OC)c2)c1. The van der Waals surface area contributed by atoms with Gasteiger partial charge in [0, 0.05) is 0 Å². The molecule has 6 heteroatoms. The molecule has 2 rings (SSSR count). The summed E-state index contributed by atoms with van der Waals surface area (Å²) < 4.78 is 11.3. The molecular formula is C27H37N3O3. The minimum Gasteiger partial charge on any atom is -0.493 e. The Hall–Kier alpha value is -3.28. The number of nitrogens with zero attached hydrogens (tertiary/aromatic N) is 1. The molecule has 0 heterocycles. The van der Waals surface area contributed by atoms with Crippen molar-refractivity contribution in [3.8, 4) is 11.5 Å². The second-order valence-electron chi connectivity index (χ2n) is 8.63. The summed E-state index contributed by atoms with van der Waals surface area (Å²) in [7, 11) is 1.61. The highest BCUT2D eigenvalue weighted by atomic mass is 16.5. The third-order valence-electron chi connectivity index (χ3n) is 5.33. The van der Waals surface area contributed by atoms with Crippen molar-refractivity contribution in [3.05, 3.63) is 65.7 Å². The van der Waals surface area contributed by atoms with E-state index in [1.54, 1.807) is 13.3 Å². The zero-order chi connectivity index (χ0) is 24.3. The molecule has 33 heavy (non-hydrogen) atoms. The fraction of sp³-hybridized carbons (Fsp3) is 0.407. The fourth-order valence-electron chi connectivity index (χ4n) is 3.32. The number of hydrazone groups is 1. The van der Waals surface area contributed by atoms with Gasteiger partial charge in [-0.25, -0.2) is 10.2 Å². The van der Waals surface area contributed by atoms with Crippen molar-refractivity contribution in [1.29, 1.82) is 0 Å². The summed E-state index contributed by atoms with van der Waals surface area (Å²) in [4.78, 5) is 12.4. The number of carbonyl (C=O) groups is 1. The molecule has 0 aliphatic heterocycles. The Labute approximate surface area is 198 Å². The lowest BCUT2D eigenvalue weighted by atomic mass is 9.92. The smallest absolute Gasteiger partial charge is 0.335 e. The molecule has 178 valence electrons. The Morgan fingerprint density at radius 2 is 1.91 bits per heavy atom. The van der Waals surface area contributed by atoms with Crippen LogP contribution in [0.25, 0.3) is 5.57 Å². The maximum Gasteiger partial charge on any atom is 0.335 e.